The molecular formula is C22H29N3O4S2. The van der Waals surface area contributed by atoms with E-state index in [0.717, 1.165) is 48.1 Å². The third-order valence-electron chi connectivity index (χ3n) is 5.37. The second-order valence-electron chi connectivity index (χ2n) is 8.78. The van der Waals surface area contributed by atoms with Crippen LogP contribution in [0.2, 0.25) is 0 Å². The van der Waals surface area contributed by atoms with Crippen molar-refractivity contribution in [1.29, 1.82) is 0 Å². The van der Waals surface area contributed by atoms with Gasteiger partial charge in [-0.25, -0.2) is 13.1 Å². The van der Waals surface area contributed by atoms with Gasteiger partial charge in [-0.2, -0.15) is 0 Å². The molecule has 0 atom stereocenters. The number of aryl methyl sites for hydroxylation is 1. The molecule has 1 aliphatic carbocycles. The molecule has 1 aromatic carbocycles. The molecular weight excluding hydrogens is 434 g/mol. The van der Waals surface area contributed by atoms with Crippen molar-refractivity contribution >= 4 is 38.2 Å². The van der Waals surface area contributed by atoms with Crippen LogP contribution in [0.25, 0.3) is 0 Å². The average molecular weight is 464 g/mol. The maximum absolute atomic E-state index is 12.6. The Balaban J connectivity index is 1.69. The quantitative estimate of drug-likeness (QED) is 0.569. The van der Waals surface area contributed by atoms with Crippen molar-refractivity contribution in [1.82, 2.24) is 4.72 Å². The van der Waals surface area contributed by atoms with Gasteiger partial charge in [-0.15, -0.1) is 11.3 Å². The molecule has 0 unspecified atom stereocenters. The number of rotatable bonds is 6. The Bertz CT molecular complexity index is 1080. The second-order valence-corrected chi connectivity index (χ2v) is 11.7. The topological polar surface area (TPSA) is 118 Å². The van der Waals surface area contributed by atoms with Gasteiger partial charge in [0.25, 0.3) is 5.91 Å². The molecule has 0 aliphatic heterocycles. The van der Waals surface area contributed by atoms with E-state index in [9.17, 15) is 18.0 Å². The summed E-state index contributed by atoms with van der Waals surface area (Å²) in [5.41, 5.74) is 7.78. The third kappa shape index (κ3) is 5.53. The number of hydrogen-bond acceptors (Lipinski definition) is 5. The molecule has 0 radical (unpaired) electrons. The van der Waals surface area contributed by atoms with Gasteiger partial charge in [0, 0.05) is 4.88 Å². The van der Waals surface area contributed by atoms with Gasteiger partial charge in [0.2, 0.25) is 15.9 Å². The minimum Gasteiger partial charge on any atom is -0.365 e. The van der Waals surface area contributed by atoms with Gasteiger partial charge in [0.05, 0.1) is 17.0 Å². The molecule has 7 nitrogen and oxygen atoms in total. The Morgan fingerprint density at radius 3 is 2.32 bits per heavy atom. The number of benzene rings is 1. The first kappa shape index (κ1) is 23.4. The van der Waals surface area contributed by atoms with E-state index in [4.69, 9.17) is 5.73 Å². The van der Waals surface area contributed by atoms with Gasteiger partial charge in [0.1, 0.15) is 5.00 Å². The number of nitrogens with two attached hydrogens (primary N) is 1. The SMILES string of the molecule is CC(C)(C)c1ccc(S(=O)(=O)NCC(=O)Nc2sc3c(c2C(N)=O)CCCCC3)cc1. The van der Waals surface area contributed by atoms with Crippen LogP contribution in [-0.4, -0.2) is 26.8 Å². The Morgan fingerprint density at radius 1 is 1.06 bits per heavy atom. The monoisotopic (exact) mass is 463 g/mol. The van der Waals surface area contributed by atoms with Crippen LogP contribution >= 0.6 is 11.3 Å². The van der Waals surface area contributed by atoms with Crippen LogP contribution in [0.3, 0.4) is 0 Å². The number of nitrogens with one attached hydrogen (secondary N) is 2. The Kier molecular flexibility index (Phi) is 6.88. The van der Waals surface area contributed by atoms with Crippen LogP contribution < -0.4 is 15.8 Å². The standard InChI is InChI=1S/C22H29N3O4S2/c1-22(2,3)14-9-11-15(12-10-14)31(28,29)24-13-18(26)25-21-19(20(23)27)16-7-5-4-6-8-17(16)30-21/h9-12,24H,4-8,13H2,1-3H3,(H2,23,27)(H,25,26). The molecule has 0 saturated carbocycles. The van der Waals surface area contributed by atoms with Crippen molar-refractivity contribution in [3.63, 3.8) is 0 Å². The fourth-order valence-electron chi connectivity index (χ4n) is 3.64. The summed E-state index contributed by atoms with van der Waals surface area (Å²) >= 11 is 1.36. The highest BCUT2D eigenvalue weighted by Crippen LogP contribution is 2.37. The van der Waals surface area contributed by atoms with E-state index < -0.39 is 28.4 Å². The number of carbonyl (C=O) groups is 2. The molecule has 2 aromatic rings. The third-order valence-corrected chi connectivity index (χ3v) is 8.00. The predicted octanol–water partition coefficient (Wildman–Crippen LogP) is 3.33. The summed E-state index contributed by atoms with van der Waals surface area (Å²) in [6.07, 6.45) is 4.72. The van der Waals surface area contributed by atoms with E-state index in [1.54, 1.807) is 12.1 Å². The van der Waals surface area contributed by atoms with Gasteiger partial charge >= 0.3 is 0 Å². The summed E-state index contributed by atoms with van der Waals surface area (Å²) < 4.78 is 27.4. The van der Waals surface area contributed by atoms with Crippen molar-refractivity contribution in [2.45, 2.75) is 63.2 Å². The lowest BCUT2D eigenvalue weighted by Crippen LogP contribution is -2.33. The van der Waals surface area contributed by atoms with Gasteiger partial charge in [-0.1, -0.05) is 39.3 Å². The second kappa shape index (κ2) is 9.10. The molecule has 1 heterocycles. The maximum Gasteiger partial charge on any atom is 0.251 e. The normalized spacial score (nSPS) is 14.5. The minimum absolute atomic E-state index is 0.0906. The van der Waals surface area contributed by atoms with E-state index in [0.29, 0.717) is 10.6 Å². The lowest BCUT2D eigenvalue weighted by atomic mass is 9.87. The van der Waals surface area contributed by atoms with Crippen molar-refractivity contribution in [2.75, 3.05) is 11.9 Å². The zero-order valence-corrected chi connectivity index (χ0v) is 19.7. The van der Waals surface area contributed by atoms with Crippen LogP contribution in [0.15, 0.2) is 29.2 Å². The molecule has 9 heteroatoms. The number of amides is 2. The lowest BCUT2D eigenvalue weighted by molar-refractivity contribution is -0.115. The summed E-state index contributed by atoms with van der Waals surface area (Å²) in [7, 11) is -3.84. The first-order valence-corrected chi connectivity index (χ1v) is 12.6. The van der Waals surface area contributed by atoms with Crippen molar-refractivity contribution < 1.29 is 18.0 Å². The molecule has 1 aliphatic rings. The van der Waals surface area contributed by atoms with Crippen molar-refractivity contribution in [3.05, 3.63) is 45.8 Å². The van der Waals surface area contributed by atoms with Gasteiger partial charge in [0.15, 0.2) is 0 Å². The minimum atomic E-state index is -3.84. The molecule has 4 N–H and O–H groups in total. The van der Waals surface area contributed by atoms with Crippen LogP contribution in [0.4, 0.5) is 5.00 Å². The van der Waals surface area contributed by atoms with E-state index >= 15 is 0 Å². The fourth-order valence-corrected chi connectivity index (χ4v) is 5.93. The zero-order chi connectivity index (χ0) is 22.8. The molecule has 1 aromatic heterocycles. The highest BCUT2D eigenvalue weighted by Gasteiger charge is 2.25. The van der Waals surface area contributed by atoms with Crippen molar-refractivity contribution in [3.8, 4) is 0 Å². The summed E-state index contributed by atoms with van der Waals surface area (Å²) in [6.45, 7) is 5.70. The molecule has 2 amide bonds. The van der Waals surface area contributed by atoms with Crippen LogP contribution in [-0.2, 0) is 33.1 Å². The van der Waals surface area contributed by atoms with Crippen LogP contribution in [0.1, 0.15) is 66.4 Å². The van der Waals surface area contributed by atoms with Gasteiger partial charge < -0.3 is 11.1 Å². The number of primary amides is 1. The molecule has 0 saturated heterocycles. The highest BCUT2D eigenvalue weighted by molar-refractivity contribution is 7.89. The van der Waals surface area contributed by atoms with Crippen molar-refractivity contribution in [2.24, 2.45) is 5.73 Å². The summed E-state index contributed by atoms with van der Waals surface area (Å²) in [4.78, 5) is 25.6. The van der Waals surface area contributed by atoms with Gasteiger partial charge in [-0.3, -0.25) is 9.59 Å². The summed E-state index contributed by atoms with van der Waals surface area (Å²) in [6, 6.07) is 6.60. The lowest BCUT2D eigenvalue weighted by Gasteiger charge is -2.19. The van der Waals surface area contributed by atoms with Crippen LogP contribution in [0.5, 0.6) is 0 Å². The Morgan fingerprint density at radius 2 is 1.71 bits per heavy atom. The average Bonchev–Trinajstić information content (AvgIpc) is 2.86. The number of anilines is 1. The molecule has 168 valence electrons. The molecule has 0 spiro atoms. The highest BCUT2D eigenvalue weighted by atomic mass is 32.2. The summed E-state index contributed by atoms with van der Waals surface area (Å²) in [5.74, 6) is -1.12. The van der Waals surface area contributed by atoms with Gasteiger partial charge in [-0.05, 0) is 54.4 Å². The molecule has 3 rings (SSSR count). The number of sulfonamides is 1. The molecule has 0 bridgehead atoms. The number of carbonyl (C=O) groups excluding carboxylic acids is 2. The smallest absolute Gasteiger partial charge is 0.251 e. The Labute approximate surface area is 187 Å². The number of hydrogen-bond donors (Lipinski definition) is 3. The Hall–Kier alpha value is -2.23. The van der Waals surface area contributed by atoms with Crippen LogP contribution in [0, 0.1) is 0 Å². The largest absolute Gasteiger partial charge is 0.365 e. The van der Waals surface area contributed by atoms with E-state index in [2.05, 4.69) is 10.0 Å². The first-order valence-electron chi connectivity index (χ1n) is 10.3. The molecule has 0 fully saturated rings. The zero-order valence-electron chi connectivity index (χ0n) is 18.1. The first-order chi connectivity index (χ1) is 14.5. The number of fused-ring (bicyclic) bond motifs is 1. The maximum atomic E-state index is 12.6. The fraction of sp³-hybridized carbons (Fsp3) is 0.455. The predicted molar refractivity (Wildman–Crippen MR) is 123 cm³/mol. The van der Waals surface area contributed by atoms with E-state index in [-0.39, 0.29) is 10.3 Å². The number of thiophene rings is 1. The van der Waals surface area contributed by atoms with E-state index in [1.807, 2.05) is 20.8 Å². The summed E-state index contributed by atoms with van der Waals surface area (Å²) in [5, 5.41) is 3.08. The molecule has 31 heavy (non-hydrogen) atoms. The van der Waals surface area contributed by atoms with E-state index in [1.165, 1.54) is 23.5 Å².